The van der Waals surface area contributed by atoms with E-state index in [1.807, 2.05) is 35.2 Å². The highest BCUT2D eigenvalue weighted by Crippen LogP contribution is 2.26. The molecule has 2 fully saturated rings. The number of nitrogens with two attached hydrogens (primary N) is 1. The number of carbonyl (C=O) groups is 1. The molecule has 1 saturated carbocycles. The van der Waals surface area contributed by atoms with Crippen LogP contribution in [0.4, 0.5) is 0 Å². The molecule has 1 atom stereocenters. The van der Waals surface area contributed by atoms with Gasteiger partial charge in [0.2, 0.25) is 5.91 Å². The van der Waals surface area contributed by atoms with Gasteiger partial charge in [-0.05, 0) is 31.2 Å². The highest BCUT2D eigenvalue weighted by atomic mass is 16.5. The van der Waals surface area contributed by atoms with E-state index in [1.165, 1.54) is 25.7 Å². The van der Waals surface area contributed by atoms with Crippen molar-refractivity contribution in [2.45, 2.75) is 63.2 Å². The zero-order valence-electron chi connectivity index (χ0n) is 13.8. The van der Waals surface area contributed by atoms with E-state index in [0.29, 0.717) is 18.6 Å². The van der Waals surface area contributed by atoms with Gasteiger partial charge in [-0.3, -0.25) is 4.79 Å². The molecule has 1 saturated heterocycles. The second-order valence-electron chi connectivity index (χ2n) is 6.84. The number of rotatable bonds is 5. The van der Waals surface area contributed by atoms with Gasteiger partial charge in [-0.15, -0.1) is 0 Å². The van der Waals surface area contributed by atoms with Crippen LogP contribution in [0.25, 0.3) is 0 Å². The molecular weight excluding hydrogens is 288 g/mol. The number of hydrogen-bond acceptors (Lipinski definition) is 3. The zero-order valence-corrected chi connectivity index (χ0v) is 13.8. The van der Waals surface area contributed by atoms with Crippen molar-refractivity contribution in [3.8, 4) is 0 Å². The number of hydrogen-bond donors (Lipinski definition) is 1. The van der Waals surface area contributed by atoms with E-state index in [9.17, 15) is 4.79 Å². The third-order valence-corrected chi connectivity index (χ3v) is 5.10. The van der Waals surface area contributed by atoms with Crippen LogP contribution in [0.1, 0.15) is 56.6 Å². The van der Waals surface area contributed by atoms with Crippen LogP contribution in [-0.2, 0) is 9.53 Å². The second-order valence-corrected chi connectivity index (χ2v) is 6.84. The van der Waals surface area contributed by atoms with Crippen molar-refractivity contribution in [2.75, 3.05) is 13.1 Å². The molecule has 1 aliphatic heterocycles. The lowest BCUT2D eigenvalue weighted by Gasteiger charge is -2.34. The maximum absolute atomic E-state index is 12.4. The number of benzene rings is 1. The summed E-state index contributed by atoms with van der Waals surface area (Å²) in [6.07, 6.45) is 8.15. The van der Waals surface area contributed by atoms with Gasteiger partial charge in [-0.1, -0.05) is 43.2 Å². The predicted molar refractivity (Wildman–Crippen MR) is 90.9 cm³/mol. The summed E-state index contributed by atoms with van der Waals surface area (Å²) in [4.78, 5) is 14.4. The summed E-state index contributed by atoms with van der Waals surface area (Å²) in [5, 5.41) is 0. The zero-order chi connectivity index (χ0) is 16.1. The molecule has 3 rings (SSSR count). The first-order valence-electron chi connectivity index (χ1n) is 8.96. The number of likely N-dealkylation sites (tertiary alicyclic amines) is 1. The summed E-state index contributed by atoms with van der Waals surface area (Å²) in [7, 11) is 0. The van der Waals surface area contributed by atoms with Crippen molar-refractivity contribution in [1.29, 1.82) is 0 Å². The lowest BCUT2D eigenvalue weighted by Crippen LogP contribution is -2.42. The average molecular weight is 316 g/mol. The molecule has 4 heteroatoms. The van der Waals surface area contributed by atoms with Crippen molar-refractivity contribution < 1.29 is 9.53 Å². The highest BCUT2D eigenvalue weighted by molar-refractivity contribution is 5.77. The Morgan fingerprint density at radius 2 is 1.70 bits per heavy atom. The van der Waals surface area contributed by atoms with Gasteiger partial charge in [0.25, 0.3) is 0 Å². The normalized spacial score (nSPS) is 21.5. The van der Waals surface area contributed by atoms with Crippen LogP contribution in [-0.4, -0.2) is 36.1 Å². The third kappa shape index (κ3) is 4.55. The fourth-order valence-electron chi connectivity index (χ4n) is 3.67. The predicted octanol–water partition coefficient (Wildman–Crippen LogP) is 3.03. The molecule has 4 nitrogen and oxygen atoms in total. The van der Waals surface area contributed by atoms with Crippen LogP contribution in [0.3, 0.4) is 0 Å². The SMILES string of the molecule is NC(CC(=O)N1CCC(OC2CCCC2)CC1)c1ccccc1. The van der Waals surface area contributed by atoms with E-state index >= 15 is 0 Å². The van der Waals surface area contributed by atoms with Crippen LogP contribution < -0.4 is 5.73 Å². The average Bonchev–Trinajstić information content (AvgIpc) is 3.09. The lowest BCUT2D eigenvalue weighted by molar-refractivity contribution is -0.135. The number of amides is 1. The summed E-state index contributed by atoms with van der Waals surface area (Å²) in [6.45, 7) is 1.61. The van der Waals surface area contributed by atoms with E-state index in [2.05, 4.69) is 0 Å². The molecular formula is C19H28N2O2. The van der Waals surface area contributed by atoms with Crippen molar-refractivity contribution in [3.05, 3.63) is 35.9 Å². The summed E-state index contributed by atoms with van der Waals surface area (Å²) in [5.74, 6) is 0.167. The first-order chi connectivity index (χ1) is 11.2. The topological polar surface area (TPSA) is 55.6 Å². The summed E-state index contributed by atoms with van der Waals surface area (Å²) < 4.78 is 6.17. The first kappa shape index (κ1) is 16.5. The standard InChI is InChI=1S/C19H28N2O2/c20-18(15-6-2-1-3-7-15)14-19(22)21-12-10-17(11-13-21)23-16-8-4-5-9-16/h1-3,6-7,16-18H,4-5,8-14,20H2. The number of carbonyl (C=O) groups excluding carboxylic acids is 1. The van der Waals surface area contributed by atoms with Crippen molar-refractivity contribution >= 4 is 5.91 Å². The first-order valence-corrected chi connectivity index (χ1v) is 8.96. The summed E-state index contributed by atoms with van der Waals surface area (Å²) >= 11 is 0. The third-order valence-electron chi connectivity index (χ3n) is 5.10. The van der Waals surface area contributed by atoms with Crippen LogP contribution in [0.5, 0.6) is 0 Å². The molecule has 126 valence electrons. The van der Waals surface area contributed by atoms with Gasteiger partial charge >= 0.3 is 0 Å². The minimum atomic E-state index is -0.212. The fraction of sp³-hybridized carbons (Fsp3) is 0.632. The van der Waals surface area contributed by atoms with Crippen LogP contribution in [0.15, 0.2) is 30.3 Å². The Morgan fingerprint density at radius 3 is 2.35 bits per heavy atom. The number of nitrogens with zero attached hydrogens (tertiary/aromatic N) is 1. The Labute approximate surface area is 139 Å². The Balaban J connectivity index is 1.42. The molecule has 2 aliphatic rings. The molecule has 23 heavy (non-hydrogen) atoms. The minimum absolute atomic E-state index is 0.167. The van der Waals surface area contributed by atoms with Crippen molar-refractivity contribution in [2.24, 2.45) is 5.73 Å². The number of piperidine rings is 1. The Kier molecular flexibility index (Phi) is 5.68. The van der Waals surface area contributed by atoms with Gasteiger partial charge in [-0.2, -0.15) is 0 Å². The quantitative estimate of drug-likeness (QED) is 0.908. The fourth-order valence-corrected chi connectivity index (χ4v) is 3.67. The van der Waals surface area contributed by atoms with Crippen LogP contribution >= 0.6 is 0 Å². The molecule has 0 aromatic heterocycles. The van der Waals surface area contributed by atoms with E-state index in [0.717, 1.165) is 31.5 Å². The van der Waals surface area contributed by atoms with Crippen LogP contribution in [0, 0.1) is 0 Å². The van der Waals surface area contributed by atoms with Gasteiger partial charge in [0.05, 0.1) is 12.2 Å². The van der Waals surface area contributed by atoms with E-state index in [4.69, 9.17) is 10.5 Å². The van der Waals surface area contributed by atoms with Crippen molar-refractivity contribution in [3.63, 3.8) is 0 Å². The lowest BCUT2D eigenvalue weighted by atomic mass is 10.0. The monoisotopic (exact) mass is 316 g/mol. The highest BCUT2D eigenvalue weighted by Gasteiger charge is 2.27. The largest absolute Gasteiger partial charge is 0.375 e. The molecule has 2 N–H and O–H groups in total. The molecule has 1 heterocycles. The number of ether oxygens (including phenoxy) is 1. The molecule has 0 radical (unpaired) electrons. The Morgan fingerprint density at radius 1 is 1.09 bits per heavy atom. The minimum Gasteiger partial charge on any atom is -0.375 e. The van der Waals surface area contributed by atoms with Gasteiger partial charge in [0.1, 0.15) is 0 Å². The maximum atomic E-state index is 12.4. The van der Waals surface area contributed by atoms with Gasteiger partial charge in [0.15, 0.2) is 0 Å². The molecule has 1 amide bonds. The Hall–Kier alpha value is -1.39. The van der Waals surface area contributed by atoms with Crippen molar-refractivity contribution in [1.82, 2.24) is 4.90 Å². The van der Waals surface area contributed by atoms with E-state index in [-0.39, 0.29) is 11.9 Å². The molecule has 1 aromatic carbocycles. The summed E-state index contributed by atoms with van der Waals surface area (Å²) in [5.41, 5.74) is 7.19. The Bertz CT molecular complexity index is 491. The molecule has 1 aliphatic carbocycles. The molecule has 0 spiro atoms. The maximum Gasteiger partial charge on any atom is 0.224 e. The van der Waals surface area contributed by atoms with E-state index in [1.54, 1.807) is 0 Å². The van der Waals surface area contributed by atoms with Gasteiger partial charge in [0, 0.05) is 25.6 Å². The second kappa shape index (κ2) is 7.93. The van der Waals surface area contributed by atoms with Crippen LogP contribution in [0.2, 0.25) is 0 Å². The van der Waals surface area contributed by atoms with Gasteiger partial charge < -0.3 is 15.4 Å². The summed E-state index contributed by atoms with van der Waals surface area (Å²) in [6, 6.07) is 9.65. The molecule has 1 unspecified atom stereocenters. The van der Waals surface area contributed by atoms with E-state index < -0.39 is 0 Å². The smallest absolute Gasteiger partial charge is 0.224 e. The molecule has 0 bridgehead atoms. The molecule has 1 aromatic rings. The van der Waals surface area contributed by atoms with Gasteiger partial charge in [-0.25, -0.2) is 0 Å².